The Morgan fingerprint density at radius 2 is 1.77 bits per heavy atom. The molecule has 2 aromatic carbocycles. The number of carbonyl (C=O) groups is 2. The number of benzene rings is 2. The van der Waals surface area contributed by atoms with E-state index in [-0.39, 0.29) is 17.7 Å². The number of aryl methyl sites for hydroxylation is 1. The molecule has 6 nitrogen and oxygen atoms in total. The van der Waals surface area contributed by atoms with E-state index in [4.69, 9.17) is 15.5 Å². The van der Waals surface area contributed by atoms with Gasteiger partial charge in [-0.25, -0.2) is 4.98 Å². The van der Waals surface area contributed by atoms with Gasteiger partial charge < -0.3 is 15.4 Å². The van der Waals surface area contributed by atoms with E-state index in [1.54, 1.807) is 18.1 Å². The van der Waals surface area contributed by atoms with Crippen LogP contribution in [0, 0.1) is 12.8 Å². The standard InChI is InChI=1S/C24H25N3O3/c1-15-3-5-16(6-4-15)21-14-22(30-2)19-13-18(7-8-20(19)26-21)24(29)27-11-9-17(10-12-27)23(25)28/h3-8,13-14,17H,9-12H2,1-2H3,(H2,25,28). The van der Waals surface area contributed by atoms with Crippen LogP contribution in [0.3, 0.4) is 0 Å². The molecular weight excluding hydrogens is 378 g/mol. The fraction of sp³-hybridized carbons (Fsp3) is 0.292. The van der Waals surface area contributed by atoms with E-state index in [1.165, 1.54) is 5.56 Å². The first-order valence-electron chi connectivity index (χ1n) is 10.1. The molecule has 1 fully saturated rings. The quantitative estimate of drug-likeness (QED) is 0.722. The summed E-state index contributed by atoms with van der Waals surface area (Å²) in [5, 5.41) is 0.797. The molecule has 0 aliphatic carbocycles. The zero-order chi connectivity index (χ0) is 21.3. The van der Waals surface area contributed by atoms with Crippen molar-refractivity contribution in [1.29, 1.82) is 0 Å². The van der Waals surface area contributed by atoms with Crippen molar-refractivity contribution in [2.24, 2.45) is 11.7 Å². The van der Waals surface area contributed by atoms with Crippen LogP contribution in [0.2, 0.25) is 0 Å². The molecule has 0 spiro atoms. The number of fused-ring (bicyclic) bond motifs is 1. The number of hydrogen-bond donors (Lipinski definition) is 1. The molecule has 2 amide bonds. The van der Waals surface area contributed by atoms with Crippen molar-refractivity contribution in [2.75, 3.05) is 20.2 Å². The van der Waals surface area contributed by atoms with Crippen LogP contribution in [0.25, 0.3) is 22.2 Å². The Hall–Kier alpha value is -3.41. The smallest absolute Gasteiger partial charge is 0.253 e. The number of ether oxygens (including phenoxy) is 1. The van der Waals surface area contributed by atoms with E-state index in [1.807, 2.05) is 37.3 Å². The number of methoxy groups -OCH3 is 1. The maximum Gasteiger partial charge on any atom is 0.253 e. The summed E-state index contributed by atoms with van der Waals surface area (Å²) in [6, 6.07) is 15.6. The number of amides is 2. The van der Waals surface area contributed by atoms with Gasteiger partial charge in [-0.05, 0) is 38.0 Å². The number of primary amides is 1. The zero-order valence-electron chi connectivity index (χ0n) is 17.2. The number of nitrogens with two attached hydrogens (primary N) is 1. The topological polar surface area (TPSA) is 85.5 Å². The van der Waals surface area contributed by atoms with Gasteiger partial charge in [0.2, 0.25) is 5.91 Å². The molecule has 1 aromatic heterocycles. The van der Waals surface area contributed by atoms with Gasteiger partial charge in [-0.1, -0.05) is 29.8 Å². The van der Waals surface area contributed by atoms with Crippen LogP contribution in [-0.4, -0.2) is 41.9 Å². The molecule has 4 rings (SSSR count). The molecule has 0 unspecified atom stereocenters. The Kier molecular flexibility index (Phi) is 5.40. The fourth-order valence-electron chi connectivity index (χ4n) is 3.92. The summed E-state index contributed by atoms with van der Waals surface area (Å²) in [4.78, 5) is 30.9. The molecule has 154 valence electrons. The summed E-state index contributed by atoms with van der Waals surface area (Å²) in [7, 11) is 1.62. The van der Waals surface area contributed by atoms with Crippen LogP contribution < -0.4 is 10.5 Å². The van der Waals surface area contributed by atoms with E-state index in [0.717, 1.165) is 22.2 Å². The van der Waals surface area contributed by atoms with Gasteiger partial charge in [-0.15, -0.1) is 0 Å². The number of aromatic nitrogens is 1. The van der Waals surface area contributed by atoms with Crippen molar-refractivity contribution in [3.63, 3.8) is 0 Å². The van der Waals surface area contributed by atoms with Crippen LogP contribution in [0.4, 0.5) is 0 Å². The number of piperidine rings is 1. The highest BCUT2D eigenvalue weighted by Crippen LogP contribution is 2.31. The minimum atomic E-state index is -0.284. The lowest BCUT2D eigenvalue weighted by molar-refractivity contribution is -0.123. The number of hydrogen-bond acceptors (Lipinski definition) is 4. The molecule has 0 saturated carbocycles. The monoisotopic (exact) mass is 403 g/mol. The first-order chi connectivity index (χ1) is 14.5. The van der Waals surface area contributed by atoms with Crippen molar-refractivity contribution >= 4 is 22.7 Å². The Bertz CT molecular complexity index is 1100. The highest BCUT2D eigenvalue weighted by Gasteiger charge is 2.26. The number of rotatable bonds is 4. The zero-order valence-corrected chi connectivity index (χ0v) is 17.2. The Morgan fingerprint density at radius 1 is 1.07 bits per heavy atom. The summed E-state index contributed by atoms with van der Waals surface area (Å²) < 4.78 is 5.62. The van der Waals surface area contributed by atoms with Crippen LogP contribution in [0.5, 0.6) is 5.75 Å². The average Bonchev–Trinajstić information content (AvgIpc) is 2.78. The largest absolute Gasteiger partial charge is 0.496 e. The molecule has 0 atom stereocenters. The predicted octanol–water partition coefficient (Wildman–Crippen LogP) is 3.56. The highest BCUT2D eigenvalue weighted by molar-refractivity contribution is 6.00. The van der Waals surface area contributed by atoms with Crippen molar-refractivity contribution in [3.05, 3.63) is 59.7 Å². The van der Waals surface area contributed by atoms with E-state index < -0.39 is 0 Å². The Labute approximate surface area is 175 Å². The number of likely N-dealkylation sites (tertiary alicyclic amines) is 1. The van der Waals surface area contributed by atoms with Gasteiger partial charge in [0.05, 0.1) is 18.3 Å². The molecule has 3 aromatic rings. The molecule has 1 aliphatic heterocycles. The summed E-state index contributed by atoms with van der Waals surface area (Å²) in [5.41, 5.74) is 9.78. The minimum absolute atomic E-state index is 0.0514. The molecule has 0 radical (unpaired) electrons. The van der Waals surface area contributed by atoms with Gasteiger partial charge in [0.25, 0.3) is 5.91 Å². The van der Waals surface area contributed by atoms with Gasteiger partial charge in [0.1, 0.15) is 5.75 Å². The molecule has 1 saturated heterocycles. The lowest BCUT2D eigenvalue weighted by Crippen LogP contribution is -2.41. The summed E-state index contributed by atoms with van der Waals surface area (Å²) in [6.45, 7) is 3.12. The first kappa shape index (κ1) is 19.9. The minimum Gasteiger partial charge on any atom is -0.496 e. The first-order valence-corrected chi connectivity index (χ1v) is 10.1. The average molecular weight is 403 g/mol. The van der Waals surface area contributed by atoms with E-state index >= 15 is 0 Å². The molecular formula is C24H25N3O3. The second-order valence-electron chi connectivity index (χ2n) is 7.78. The molecule has 2 N–H and O–H groups in total. The molecule has 1 aliphatic rings. The van der Waals surface area contributed by atoms with Gasteiger partial charge in [0.15, 0.2) is 0 Å². The maximum absolute atomic E-state index is 13.0. The highest BCUT2D eigenvalue weighted by atomic mass is 16.5. The van der Waals surface area contributed by atoms with Crippen LogP contribution in [-0.2, 0) is 4.79 Å². The fourth-order valence-corrected chi connectivity index (χ4v) is 3.92. The van der Waals surface area contributed by atoms with E-state index in [9.17, 15) is 9.59 Å². The van der Waals surface area contributed by atoms with Gasteiger partial charge in [-0.2, -0.15) is 0 Å². The third-order valence-electron chi connectivity index (χ3n) is 5.77. The van der Waals surface area contributed by atoms with Crippen LogP contribution in [0.15, 0.2) is 48.5 Å². The van der Waals surface area contributed by atoms with Crippen molar-refractivity contribution in [2.45, 2.75) is 19.8 Å². The predicted molar refractivity (Wildman–Crippen MR) is 116 cm³/mol. The molecule has 6 heteroatoms. The van der Waals surface area contributed by atoms with Crippen molar-refractivity contribution in [3.8, 4) is 17.0 Å². The third kappa shape index (κ3) is 3.85. The lowest BCUT2D eigenvalue weighted by atomic mass is 9.95. The molecule has 0 bridgehead atoms. The van der Waals surface area contributed by atoms with Crippen molar-refractivity contribution in [1.82, 2.24) is 9.88 Å². The number of carbonyl (C=O) groups excluding carboxylic acids is 2. The number of pyridine rings is 1. The summed E-state index contributed by atoms with van der Waals surface area (Å²) >= 11 is 0. The lowest BCUT2D eigenvalue weighted by Gasteiger charge is -2.30. The van der Waals surface area contributed by atoms with E-state index in [2.05, 4.69) is 12.1 Å². The summed E-state index contributed by atoms with van der Waals surface area (Å²) in [6.07, 6.45) is 1.22. The Morgan fingerprint density at radius 3 is 2.40 bits per heavy atom. The van der Waals surface area contributed by atoms with E-state index in [0.29, 0.717) is 37.2 Å². The SMILES string of the molecule is COc1cc(-c2ccc(C)cc2)nc2ccc(C(=O)N3CCC(C(N)=O)CC3)cc12. The van der Waals surface area contributed by atoms with Crippen LogP contribution in [0.1, 0.15) is 28.8 Å². The second-order valence-corrected chi connectivity index (χ2v) is 7.78. The number of nitrogens with zero attached hydrogens (tertiary/aromatic N) is 2. The molecule has 30 heavy (non-hydrogen) atoms. The molecule has 2 heterocycles. The van der Waals surface area contributed by atoms with Gasteiger partial charge >= 0.3 is 0 Å². The second kappa shape index (κ2) is 8.14. The van der Waals surface area contributed by atoms with Gasteiger partial charge in [0, 0.05) is 41.6 Å². The third-order valence-corrected chi connectivity index (χ3v) is 5.77. The normalized spacial score (nSPS) is 14.7. The Balaban J connectivity index is 1.64. The van der Waals surface area contributed by atoms with Crippen LogP contribution >= 0.6 is 0 Å². The van der Waals surface area contributed by atoms with Gasteiger partial charge in [-0.3, -0.25) is 9.59 Å². The maximum atomic E-state index is 13.0. The summed E-state index contributed by atoms with van der Waals surface area (Å²) in [5.74, 6) is 0.199. The van der Waals surface area contributed by atoms with Crippen molar-refractivity contribution < 1.29 is 14.3 Å².